The van der Waals surface area contributed by atoms with Crippen molar-refractivity contribution in [3.63, 3.8) is 0 Å². The molecule has 1 saturated heterocycles. The Kier molecular flexibility index (Phi) is 3.44. The molecule has 1 fully saturated rings. The maximum absolute atomic E-state index is 13.3. The zero-order valence-corrected chi connectivity index (χ0v) is 11.5. The second-order valence-corrected chi connectivity index (χ2v) is 5.36. The second kappa shape index (κ2) is 5.25. The molecule has 1 N–H and O–H groups in total. The van der Waals surface area contributed by atoms with Crippen LogP contribution in [0.3, 0.4) is 0 Å². The van der Waals surface area contributed by atoms with E-state index >= 15 is 0 Å². The van der Waals surface area contributed by atoms with Gasteiger partial charge in [0, 0.05) is 43.3 Å². The summed E-state index contributed by atoms with van der Waals surface area (Å²) in [7, 11) is 2.06. The number of nitrogens with zero attached hydrogens (tertiary/aromatic N) is 2. The first-order chi connectivity index (χ1) is 9.63. The molecule has 2 aromatic rings. The number of aromatic nitrogens is 1. The monoisotopic (exact) mass is 275 g/mol. The average Bonchev–Trinajstić information content (AvgIpc) is 2.82. The molecule has 3 rings (SSSR count). The van der Waals surface area contributed by atoms with Crippen molar-refractivity contribution >= 4 is 16.8 Å². The van der Waals surface area contributed by atoms with Crippen molar-refractivity contribution in [1.29, 1.82) is 0 Å². The van der Waals surface area contributed by atoms with Crippen molar-refractivity contribution in [3.05, 3.63) is 35.8 Å². The van der Waals surface area contributed by atoms with Crippen LogP contribution in [0.2, 0.25) is 0 Å². The number of piperazine rings is 1. The van der Waals surface area contributed by atoms with Gasteiger partial charge in [-0.05, 0) is 30.8 Å². The topological polar surface area (TPSA) is 39.3 Å². The Morgan fingerprint density at radius 3 is 2.80 bits per heavy atom. The number of halogens is 1. The van der Waals surface area contributed by atoms with Gasteiger partial charge in [0.1, 0.15) is 5.82 Å². The average molecular weight is 275 g/mol. The van der Waals surface area contributed by atoms with Gasteiger partial charge in [-0.25, -0.2) is 4.39 Å². The number of aromatic amines is 1. The van der Waals surface area contributed by atoms with E-state index in [1.807, 2.05) is 4.90 Å². The zero-order valence-electron chi connectivity index (χ0n) is 11.5. The summed E-state index contributed by atoms with van der Waals surface area (Å²) in [6, 6.07) is 4.61. The van der Waals surface area contributed by atoms with Crippen molar-refractivity contribution < 1.29 is 9.18 Å². The predicted molar refractivity (Wildman–Crippen MR) is 76.0 cm³/mol. The number of fused-ring (bicyclic) bond motifs is 1. The Hall–Kier alpha value is -1.88. The third-order valence-corrected chi connectivity index (χ3v) is 3.93. The molecule has 0 unspecified atom stereocenters. The lowest BCUT2D eigenvalue weighted by molar-refractivity contribution is -0.132. The van der Waals surface area contributed by atoms with Crippen LogP contribution in [0.1, 0.15) is 5.56 Å². The number of likely N-dealkylation sites (N-methyl/N-ethyl adjacent to an activating group) is 1. The summed E-state index contributed by atoms with van der Waals surface area (Å²) in [6.45, 7) is 3.36. The SMILES string of the molecule is CN1CCN(C(=O)Cc2c[nH]c3ccc(F)cc23)CC1. The number of hydrogen-bond donors (Lipinski definition) is 1. The fraction of sp³-hybridized carbons (Fsp3) is 0.400. The van der Waals surface area contributed by atoms with E-state index in [1.165, 1.54) is 12.1 Å². The first kappa shape index (κ1) is 13.1. The van der Waals surface area contributed by atoms with Gasteiger partial charge in [-0.15, -0.1) is 0 Å². The van der Waals surface area contributed by atoms with Crippen LogP contribution in [0.25, 0.3) is 10.9 Å². The van der Waals surface area contributed by atoms with Gasteiger partial charge >= 0.3 is 0 Å². The summed E-state index contributed by atoms with van der Waals surface area (Å²) in [5.41, 5.74) is 1.73. The minimum absolute atomic E-state index is 0.114. The predicted octanol–water partition coefficient (Wildman–Crippen LogP) is 1.62. The van der Waals surface area contributed by atoms with E-state index in [0.29, 0.717) is 6.42 Å². The Morgan fingerprint density at radius 2 is 2.05 bits per heavy atom. The van der Waals surface area contributed by atoms with Crippen LogP contribution in [0, 0.1) is 5.82 Å². The molecule has 0 aliphatic carbocycles. The number of carbonyl (C=O) groups excluding carboxylic acids is 1. The molecule has 1 aliphatic rings. The first-order valence-corrected chi connectivity index (χ1v) is 6.85. The molecule has 2 heterocycles. The first-order valence-electron chi connectivity index (χ1n) is 6.85. The van der Waals surface area contributed by atoms with Gasteiger partial charge in [-0.2, -0.15) is 0 Å². The molecule has 1 aromatic heterocycles. The lowest BCUT2D eigenvalue weighted by Crippen LogP contribution is -2.47. The number of rotatable bonds is 2. The molecule has 4 nitrogen and oxygen atoms in total. The van der Waals surface area contributed by atoms with Gasteiger partial charge in [0.05, 0.1) is 6.42 Å². The van der Waals surface area contributed by atoms with Crippen LogP contribution in [-0.2, 0) is 11.2 Å². The fourth-order valence-corrected chi connectivity index (χ4v) is 2.63. The molecule has 1 amide bonds. The summed E-state index contributed by atoms with van der Waals surface area (Å²) in [4.78, 5) is 19.5. The van der Waals surface area contributed by atoms with Gasteiger partial charge in [0.2, 0.25) is 5.91 Å². The van der Waals surface area contributed by atoms with Crippen LogP contribution < -0.4 is 0 Å². The van der Waals surface area contributed by atoms with E-state index in [4.69, 9.17) is 0 Å². The quantitative estimate of drug-likeness (QED) is 0.904. The third-order valence-electron chi connectivity index (χ3n) is 3.93. The summed E-state index contributed by atoms with van der Waals surface area (Å²) in [6.07, 6.45) is 2.13. The van der Waals surface area contributed by atoms with Gasteiger partial charge in [0.25, 0.3) is 0 Å². The molecular weight excluding hydrogens is 257 g/mol. The summed E-state index contributed by atoms with van der Waals surface area (Å²) >= 11 is 0. The number of benzene rings is 1. The van der Waals surface area contributed by atoms with Crippen molar-refractivity contribution in [1.82, 2.24) is 14.8 Å². The highest BCUT2D eigenvalue weighted by Gasteiger charge is 2.20. The molecule has 0 spiro atoms. The second-order valence-electron chi connectivity index (χ2n) is 5.36. The normalized spacial score (nSPS) is 16.8. The highest BCUT2D eigenvalue weighted by molar-refractivity contribution is 5.89. The van der Waals surface area contributed by atoms with E-state index in [1.54, 1.807) is 12.3 Å². The molecule has 20 heavy (non-hydrogen) atoms. The number of amides is 1. The largest absolute Gasteiger partial charge is 0.361 e. The van der Waals surface area contributed by atoms with Crippen LogP contribution in [0.5, 0.6) is 0 Å². The Balaban J connectivity index is 1.76. The number of nitrogens with one attached hydrogen (secondary N) is 1. The summed E-state index contributed by atoms with van der Waals surface area (Å²) in [5.74, 6) is -0.159. The number of hydrogen-bond acceptors (Lipinski definition) is 2. The highest BCUT2D eigenvalue weighted by Crippen LogP contribution is 2.20. The summed E-state index contributed by atoms with van der Waals surface area (Å²) in [5, 5.41) is 0.799. The molecule has 1 aromatic carbocycles. The van der Waals surface area contributed by atoms with E-state index in [-0.39, 0.29) is 11.7 Å². The molecule has 1 aliphatic heterocycles. The van der Waals surface area contributed by atoms with Crippen LogP contribution in [-0.4, -0.2) is 53.9 Å². The maximum Gasteiger partial charge on any atom is 0.227 e. The van der Waals surface area contributed by atoms with Crippen LogP contribution in [0.15, 0.2) is 24.4 Å². The van der Waals surface area contributed by atoms with Crippen molar-refractivity contribution in [2.75, 3.05) is 33.2 Å². The van der Waals surface area contributed by atoms with Crippen LogP contribution in [0.4, 0.5) is 4.39 Å². The van der Waals surface area contributed by atoms with Gasteiger partial charge in [-0.3, -0.25) is 4.79 Å². The maximum atomic E-state index is 13.3. The molecular formula is C15H18FN3O. The van der Waals surface area contributed by atoms with E-state index in [9.17, 15) is 9.18 Å². The summed E-state index contributed by atoms with van der Waals surface area (Å²) < 4.78 is 13.3. The van der Waals surface area contributed by atoms with Gasteiger partial charge in [0.15, 0.2) is 0 Å². The van der Waals surface area contributed by atoms with Crippen molar-refractivity contribution in [3.8, 4) is 0 Å². The Labute approximate surface area is 117 Å². The Morgan fingerprint density at radius 1 is 1.30 bits per heavy atom. The third kappa shape index (κ3) is 2.54. The van der Waals surface area contributed by atoms with E-state index in [0.717, 1.165) is 42.6 Å². The lowest BCUT2D eigenvalue weighted by atomic mass is 10.1. The Bertz CT molecular complexity index is 629. The van der Waals surface area contributed by atoms with Crippen molar-refractivity contribution in [2.45, 2.75) is 6.42 Å². The highest BCUT2D eigenvalue weighted by atomic mass is 19.1. The molecule has 5 heteroatoms. The van der Waals surface area contributed by atoms with Gasteiger partial charge in [-0.1, -0.05) is 0 Å². The standard InChI is InChI=1S/C15H18FN3O/c1-18-4-6-19(7-5-18)15(20)8-11-10-17-14-3-2-12(16)9-13(11)14/h2-3,9-10,17H,4-8H2,1H3. The zero-order chi connectivity index (χ0) is 14.1. The number of carbonyl (C=O) groups is 1. The fourth-order valence-electron chi connectivity index (χ4n) is 2.63. The molecule has 0 bridgehead atoms. The smallest absolute Gasteiger partial charge is 0.227 e. The van der Waals surface area contributed by atoms with E-state index < -0.39 is 0 Å². The molecule has 106 valence electrons. The molecule has 0 saturated carbocycles. The minimum Gasteiger partial charge on any atom is -0.361 e. The molecule has 0 atom stereocenters. The van der Waals surface area contributed by atoms with Crippen molar-refractivity contribution in [2.24, 2.45) is 0 Å². The molecule has 0 radical (unpaired) electrons. The minimum atomic E-state index is -0.273. The number of H-pyrrole nitrogens is 1. The van der Waals surface area contributed by atoms with Gasteiger partial charge < -0.3 is 14.8 Å². The van der Waals surface area contributed by atoms with Crippen LogP contribution >= 0.6 is 0 Å². The lowest BCUT2D eigenvalue weighted by Gasteiger charge is -2.32. The van der Waals surface area contributed by atoms with E-state index in [2.05, 4.69) is 16.9 Å².